The molecule has 0 amide bonds. The second kappa shape index (κ2) is 6.10. The van der Waals surface area contributed by atoms with Crippen LogP contribution in [0.5, 0.6) is 5.75 Å². The van der Waals surface area contributed by atoms with Crippen molar-refractivity contribution in [3.8, 4) is 11.8 Å². The number of anilines is 2. The zero-order chi connectivity index (χ0) is 15.4. The summed E-state index contributed by atoms with van der Waals surface area (Å²) in [6.45, 7) is 1.51. The molecule has 2 aromatic carbocycles. The van der Waals surface area contributed by atoms with E-state index >= 15 is 0 Å². The van der Waals surface area contributed by atoms with E-state index in [0.29, 0.717) is 16.9 Å². The monoisotopic (exact) mass is 280 g/mol. The number of ether oxygens (including phenoxy) is 1. The molecule has 106 valence electrons. The Bertz CT molecular complexity index is 717. The topological polar surface area (TPSA) is 53.3 Å². The number of methoxy groups -OCH3 is 1. The van der Waals surface area contributed by atoms with Crippen molar-refractivity contribution < 1.29 is 9.53 Å². The summed E-state index contributed by atoms with van der Waals surface area (Å²) in [7, 11) is 3.40. The standard InChI is InChI=1S/C17H16N2O2/c1-12(20)17-15(8-5-9-16(17)21-3)19(2)14-7-4-6-13(10-14)11-18/h4-10H,1-3H3. The number of hydrogen-bond acceptors (Lipinski definition) is 4. The molecule has 4 heteroatoms. The average Bonchev–Trinajstić information content (AvgIpc) is 2.53. The van der Waals surface area contributed by atoms with E-state index in [9.17, 15) is 4.79 Å². The second-order valence-corrected chi connectivity index (χ2v) is 4.63. The quantitative estimate of drug-likeness (QED) is 0.804. The van der Waals surface area contributed by atoms with Crippen LogP contribution in [0, 0.1) is 11.3 Å². The maximum Gasteiger partial charge on any atom is 0.165 e. The minimum absolute atomic E-state index is 0.0641. The Morgan fingerprint density at radius 3 is 2.57 bits per heavy atom. The van der Waals surface area contributed by atoms with Gasteiger partial charge in [-0.1, -0.05) is 12.1 Å². The van der Waals surface area contributed by atoms with E-state index in [2.05, 4.69) is 6.07 Å². The Labute approximate surface area is 124 Å². The molecule has 0 aliphatic carbocycles. The van der Waals surface area contributed by atoms with E-state index in [-0.39, 0.29) is 5.78 Å². The lowest BCUT2D eigenvalue weighted by molar-refractivity contribution is 0.101. The summed E-state index contributed by atoms with van der Waals surface area (Å²) in [5, 5.41) is 9.00. The lowest BCUT2D eigenvalue weighted by Gasteiger charge is -2.23. The van der Waals surface area contributed by atoms with Crippen LogP contribution in [0.15, 0.2) is 42.5 Å². The Balaban J connectivity index is 2.55. The molecule has 0 aliphatic heterocycles. The summed E-state index contributed by atoms with van der Waals surface area (Å²) in [5.41, 5.74) is 2.69. The van der Waals surface area contributed by atoms with Crippen molar-refractivity contribution in [3.05, 3.63) is 53.6 Å². The van der Waals surface area contributed by atoms with Gasteiger partial charge in [0, 0.05) is 12.7 Å². The first kappa shape index (κ1) is 14.6. The first-order valence-electron chi connectivity index (χ1n) is 6.50. The van der Waals surface area contributed by atoms with Gasteiger partial charge in [0.1, 0.15) is 5.75 Å². The van der Waals surface area contributed by atoms with Crippen molar-refractivity contribution in [2.45, 2.75) is 6.92 Å². The molecular formula is C17H16N2O2. The molecule has 2 rings (SSSR count). The molecule has 0 atom stereocenters. The third-order valence-electron chi connectivity index (χ3n) is 3.30. The fourth-order valence-corrected chi connectivity index (χ4v) is 2.25. The van der Waals surface area contributed by atoms with Crippen LogP contribution in [0.25, 0.3) is 0 Å². The number of carbonyl (C=O) groups excluding carboxylic acids is 1. The molecular weight excluding hydrogens is 264 g/mol. The summed E-state index contributed by atoms with van der Waals surface area (Å²) in [6.07, 6.45) is 0. The van der Waals surface area contributed by atoms with Gasteiger partial charge in [0.05, 0.1) is 30.0 Å². The molecule has 0 fully saturated rings. The molecule has 0 spiro atoms. The molecule has 2 aromatic rings. The Hall–Kier alpha value is -2.80. The molecule has 0 aromatic heterocycles. The van der Waals surface area contributed by atoms with Gasteiger partial charge in [-0.3, -0.25) is 4.79 Å². The fourth-order valence-electron chi connectivity index (χ4n) is 2.25. The van der Waals surface area contributed by atoms with Crippen molar-refractivity contribution >= 4 is 17.2 Å². The van der Waals surface area contributed by atoms with Gasteiger partial charge in [0.15, 0.2) is 5.78 Å². The number of rotatable bonds is 4. The van der Waals surface area contributed by atoms with Crippen molar-refractivity contribution in [1.29, 1.82) is 5.26 Å². The van der Waals surface area contributed by atoms with Crippen LogP contribution in [0.1, 0.15) is 22.8 Å². The van der Waals surface area contributed by atoms with Gasteiger partial charge < -0.3 is 9.64 Å². The highest BCUT2D eigenvalue weighted by atomic mass is 16.5. The number of carbonyl (C=O) groups is 1. The Morgan fingerprint density at radius 1 is 1.24 bits per heavy atom. The smallest absolute Gasteiger partial charge is 0.165 e. The molecule has 0 unspecified atom stereocenters. The molecule has 0 saturated heterocycles. The van der Waals surface area contributed by atoms with Crippen LogP contribution < -0.4 is 9.64 Å². The lowest BCUT2D eigenvalue weighted by Crippen LogP contribution is -2.14. The van der Waals surface area contributed by atoms with Crippen molar-refractivity contribution in [2.24, 2.45) is 0 Å². The predicted molar refractivity (Wildman–Crippen MR) is 82.2 cm³/mol. The van der Waals surface area contributed by atoms with Gasteiger partial charge in [-0.2, -0.15) is 5.26 Å². The molecule has 4 nitrogen and oxygen atoms in total. The van der Waals surface area contributed by atoms with Crippen LogP contribution >= 0.6 is 0 Å². The van der Waals surface area contributed by atoms with E-state index in [1.807, 2.05) is 36.2 Å². The normalized spacial score (nSPS) is 9.81. The molecule has 0 heterocycles. The lowest BCUT2D eigenvalue weighted by atomic mass is 10.1. The van der Waals surface area contributed by atoms with E-state index in [4.69, 9.17) is 10.00 Å². The highest BCUT2D eigenvalue weighted by Gasteiger charge is 2.17. The van der Waals surface area contributed by atoms with E-state index in [0.717, 1.165) is 11.4 Å². The molecule has 0 aliphatic rings. The summed E-state index contributed by atoms with van der Waals surface area (Å²) >= 11 is 0. The molecule has 0 N–H and O–H groups in total. The molecule has 0 bridgehead atoms. The highest BCUT2D eigenvalue weighted by Crippen LogP contribution is 2.33. The third-order valence-corrected chi connectivity index (χ3v) is 3.30. The van der Waals surface area contributed by atoms with Gasteiger partial charge in [-0.25, -0.2) is 0 Å². The largest absolute Gasteiger partial charge is 0.496 e. The summed E-state index contributed by atoms with van der Waals surface area (Å²) < 4.78 is 5.28. The maximum atomic E-state index is 11.9. The zero-order valence-electron chi connectivity index (χ0n) is 12.3. The minimum Gasteiger partial charge on any atom is -0.496 e. The number of benzene rings is 2. The highest BCUT2D eigenvalue weighted by molar-refractivity contribution is 6.03. The van der Waals surface area contributed by atoms with Crippen LogP contribution in [0.3, 0.4) is 0 Å². The van der Waals surface area contributed by atoms with Crippen LogP contribution in [0.4, 0.5) is 11.4 Å². The van der Waals surface area contributed by atoms with E-state index < -0.39 is 0 Å². The summed E-state index contributed by atoms with van der Waals surface area (Å²) in [6, 6.07) is 14.8. The fraction of sp³-hybridized carbons (Fsp3) is 0.176. The van der Waals surface area contributed by atoms with Gasteiger partial charge in [-0.15, -0.1) is 0 Å². The van der Waals surface area contributed by atoms with Crippen molar-refractivity contribution in [1.82, 2.24) is 0 Å². The van der Waals surface area contributed by atoms with Gasteiger partial charge in [0.2, 0.25) is 0 Å². The maximum absolute atomic E-state index is 11.9. The molecule has 0 saturated carbocycles. The van der Waals surface area contributed by atoms with Crippen LogP contribution in [0.2, 0.25) is 0 Å². The first-order valence-corrected chi connectivity index (χ1v) is 6.50. The third kappa shape index (κ3) is 2.87. The Morgan fingerprint density at radius 2 is 1.95 bits per heavy atom. The predicted octanol–water partition coefficient (Wildman–Crippen LogP) is 3.54. The van der Waals surface area contributed by atoms with E-state index in [1.54, 1.807) is 25.3 Å². The zero-order valence-corrected chi connectivity index (χ0v) is 12.3. The summed E-state index contributed by atoms with van der Waals surface area (Å²) in [4.78, 5) is 13.8. The number of hydrogen-bond donors (Lipinski definition) is 0. The second-order valence-electron chi connectivity index (χ2n) is 4.63. The molecule has 0 radical (unpaired) electrons. The minimum atomic E-state index is -0.0641. The van der Waals surface area contributed by atoms with Crippen LogP contribution in [-0.4, -0.2) is 19.9 Å². The van der Waals surface area contributed by atoms with Gasteiger partial charge >= 0.3 is 0 Å². The number of Topliss-reactive ketones (excluding diaryl/α,β-unsaturated/α-hetero) is 1. The van der Waals surface area contributed by atoms with Crippen molar-refractivity contribution in [2.75, 3.05) is 19.1 Å². The average molecular weight is 280 g/mol. The SMILES string of the molecule is COc1cccc(N(C)c2cccc(C#N)c2)c1C(C)=O. The van der Waals surface area contributed by atoms with Gasteiger partial charge in [-0.05, 0) is 37.3 Å². The van der Waals surface area contributed by atoms with Crippen molar-refractivity contribution in [3.63, 3.8) is 0 Å². The Kier molecular flexibility index (Phi) is 4.24. The number of ketones is 1. The first-order chi connectivity index (χ1) is 10.1. The van der Waals surface area contributed by atoms with Gasteiger partial charge in [0.25, 0.3) is 0 Å². The van der Waals surface area contributed by atoms with Crippen LogP contribution in [-0.2, 0) is 0 Å². The van der Waals surface area contributed by atoms with E-state index in [1.165, 1.54) is 6.92 Å². The summed E-state index contributed by atoms with van der Waals surface area (Å²) in [5.74, 6) is 0.481. The number of nitrogens with zero attached hydrogens (tertiary/aromatic N) is 2. The number of nitriles is 1. The molecule has 21 heavy (non-hydrogen) atoms.